The number of hydrogen-bond acceptors (Lipinski definition) is 4. The van der Waals surface area contributed by atoms with Crippen LogP contribution in [0.4, 0.5) is 0 Å². The lowest BCUT2D eigenvalue weighted by Crippen LogP contribution is -2.53. The topological polar surface area (TPSA) is 89.7 Å². The smallest absolute Gasteiger partial charge is 0.253 e. The largest absolute Gasteiger partial charge is 0.375 e. The molecule has 6 nitrogen and oxygen atoms in total. The standard InChI is InChI=1S/C16H22N2O4S/c1-11-9-13(10-14(12(11)2)23(17,20)21)15(19)18-6-3-16(4-7-18)5-8-22-16/h9-10H,3-8H2,1-2H3,(H2,17,20,21). The van der Waals surface area contributed by atoms with Crippen LogP contribution in [-0.4, -0.2) is 44.5 Å². The first-order chi connectivity index (χ1) is 10.7. The first-order valence-electron chi connectivity index (χ1n) is 7.79. The third kappa shape index (κ3) is 3.00. The Kier molecular flexibility index (Phi) is 3.98. The number of carbonyl (C=O) groups is 1. The van der Waals surface area contributed by atoms with Crippen LogP contribution in [-0.2, 0) is 14.8 Å². The minimum Gasteiger partial charge on any atom is -0.375 e. The molecule has 0 saturated carbocycles. The lowest BCUT2D eigenvalue weighted by molar-refractivity contribution is -0.169. The van der Waals surface area contributed by atoms with Crippen LogP contribution >= 0.6 is 0 Å². The fourth-order valence-corrected chi connectivity index (χ4v) is 4.21. The number of carbonyl (C=O) groups excluding carboxylic acids is 1. The van der Waals surface area contributed by atoms with Crippen molar-refractivity contribution in [2.75, 3.05) is 19.7 Å². The Balaban J connectivity index is 1.84. The molecular formula is C16H22N2O4S. The van der Waals surface area contributed by atoms with Gasteiger partial charge in [-0.3, -0.25) is 4.79 Å². The molecule has 2 aliphatic heterocycles. The monoisotopic (exact) mass is 338 g/mol. The summed E-state index contributed by atoms with van der Waals surface area (Å²) in [6.07, 6.45) is 2.74. The molecule has 1 amide bonds. The Morgan fingerprint density at radius 1 is 1.22 bits per heavy atom. The molecule has 126 valence electrons. The van der Waals surface area contributed by atoms with Gasteiger partial charge in [-0.15, -0.1) is 0 Å². The normalized spacial score (nSPS) is 20.4. The first kappa shape index (κ1) is 16.4. The Bertz CT molecular complexity index is 744. The van der Waals surface area contributed by atoms with E-state index in [4.69, 9.17) is 9.88 Å². The third-order valence-corrected chi connectivity index (χ3v) is 6.14. The van der Waals surface area contributed by atoms with Crippen LogP contribution in [0, 0.1) is 13.8 Å². The summed E-state index contributed by atoms with van der Waals surface area (Å²) in [7, 11) is -3.85. The van der Waals surface area contributed by atoms with E-state index < -0.39 is 10.0 Å². The van der Waals surface area contributed by atoms with E-state index in [1.807, 2.05) is 0 Å². The molecule has 0 unspecified atom stereocenters. The van der Waals surface area contributed by atoms with E-state index in [1.165, 1.54) is 6.07 Å². The van der Waals surface area contributed by atoms with Gasteiger partial charge in [0.25, 0.3) is 5.91 Å². The highest BCUT2D eigenvalue weighted by Crippen LogP contribution is 2.37. The number of benzene rings is 1. The predicted octanol–water partition coefficient (Wildman–Crippen LogP) is 1.35. The molecule has 2 heterocycles. The average Bonchev–Trinajstić information content (AvgIpc) is 2.46. The maximum absolute atomic E-state index is 12.7. The number of nitrogens with zero attached hydrogens (tertiary/aromatic N) is 1. The van der Waals surface area contributed by atoms with Crippen molar-refractivity contribution in [1.29, 1.82) is 0 Å². The zero-order chi connectivity index (χ0) is 16.8. The van der Waals surface area contributed by atoms with Gasteiger partial charge < -0.3 is 9.64 Å². The Hall–Kier alpha value is -1.44. The minimum absolute atomic E-state index is 0.0221. The molecule has 7 heteroatoms. The number of piperidine rings is 1. The summed E-state index contributed by atoms with van der Waals surface area (Å²) in [5.74, 6) is -0.146. The van der Waals surface area contributed by atoms with E-state index in [1.54, 1.807) is 24.8 Å². The third-order valence-electron chi connectivity index (χ3n) is 5.10. The second-order valence-corrected chi connectivity index (χ2v) is 8.06. The molecular weight excluding hydrogens is 316 g/mol. The summed E-state index contributed by atoms with van der Waals surface area (Å²) < 4.78 is 29.1. The van der Waals surface area contributed by atoms with Crippen LogP contribution in [0.1, 0.15) is 40.7 Å². The van der Waals surface area contributed by atoms with Gasteiger partial charge in [0.05, 0.1) is 17.1 Å². The van der Waals surface area contributed by atoms with Crippen molar-refractivity contribution in [3.05, 3.63) is 28.8 Å². The number of rotatable bonds is 2. The van der Waals surface area contributed by atoms with Gasteiger partial charge in [0.1, 0.15) is 0 Å². The maximum Gasteiger partial charge on any atom is 0.253 e. The van der Waals surface area contributed by atoms with Crippen LogP contribution in [0.5, 0.6) is 0 Å². The Labute approximate surface area is 136 Å². The van der Waals surface area contributed by atoms with Gasteiger partial charge in [-0.2, -0.15) is 0 Å². The lowest BCUT2D eigenvalue weighted by atomic mass is 9.84. The second kappa shape index (κ2) is 5.58. The van der Waals surface area contributed by atoms with E-state index in [9.17, 15) is 13.2 Å². The number of hydrogen-bond donors (Lipinski definition) is 1. The average molecular weight is 338 g/mol. The molecule has 1 aromatic carbocycles. The van der Waals surface area contributed by atoms with E-state index >= 15 is 0 Å². The zero-order valence-electron chi connectivity index (χ0n) is 13.5. The summed E-state index contributed by atoms with van der Waals surface area (Å²) >= 11 is 0. The SMILES string of the molecule is Cc1cc(C(=O)N2CCC3(CCO3)CC2)cc(S(N)(=O)=O)c1C. The molecule has 0 bridgehead atoms. The minimum atomic E-state index is -3.85. The van der Waals surface area contributed by atoms with Crippen molar-refractivity contribution in [3.63, 3.8) is 0 Å². The molecule has 0 aromatic heterocycles. The van der Waals surface area contributed by atoms with E-state index in [0.29, 0.717) is 24.2 Å². The highest BCUT2D eigenvalue weighted by atomic mass is 32.2. The number of sulfonamides is 1. The fraction of sp³-hybridized carbons (Fsp3) is 0.562. The Morgan fingerprint density at radius 2 is 1.83 bits per heavy atom. The lowest BCUT2D eigenvalue weighted by Gasteiger charge is -2.47. The maximum atomic E-state index is 12.7. The molecule has 23 heavy (non-hydrogen) atoms. The fourth-order valence-electron chi connectivity index (χ4n) is 3.33. The molecule has 0 radical (unpaired) electrons. The summed E-state index contributed by atoms with van der Waals surface area (Å²) in [5.41, 5.74) is 1.69. The van der Waals surface area contributed by atoms with Crippen LogP contribution in [0.2, 0.25) is 0 Å². The van der Waals surface area contributed by atoms with Crippen molar-refractivity contribution < 1.29 is 17.9 Å². The molecule has 0 aliphatic carbocycles. The summed E-state index contributed by atoms with van der Waals surface area (Å²) in [4.78, 5) is 14.5. The molecule has 0 atom stereocenters. The predicted molar refractivity (Wildman–Crippen MR) is 85.7 cm³/mol. The van der Waals surface area contributed by atoms with Gasteiger partial charge in [0, 0.05) is 18.7 Å². The molecule has 2 fully saturated rings. The zero-order valence-corrected chi connectivity index (χ0v) is 14.3. The molecule has 2 saturated heterocycles. The van der Waals surface area contributed by atoms with Gasteiger partial charge in [0.2, 0.25) is 10.0 Å². The number of ether oxygens (including phenoxy) is 1. The molecule has 3 rings (SSSR count). The van der Waals surface area contributed by atoms with Crippen molar-refractivity contribution >= 4 is 15.9 Å². The number of aryl methyl sites for hydroxylation is 1. The van der Waals surface area contributed by atoms with Gasteiger partial charge >= 0.3 is 0 Å². The summed E-state index contributed by atoms with van der Waals surface area (Å²) in [6.45, 7) is 5.56. The second-order valence-electron chi connectivity index (χ2n) is 6.53. The van der Waals surface area contributed by atoms with Gasteiger partial charge in [0.15, 0.2) is 0 Å². The quantitative estimate of drug-likeness (QED) is 0.881. The van der Waals surface area contributed by atoms with Crippen LogP contribution < -0.4 is 5.14 Å². The van der Waals surface area contributed by atoms with Crippen molar-refractivity contribution in [1.82, 2.24) is 4.90 Å². The number of amides is 1. The van der Waals surface area contributed by atoms with Crippen LogP contribution in [0.15, 0.2) is 17.0 Å². The van der Waals surface area contributed by atoms with E-state index in [0.717, 1.165) is 31.4 Å². The van der Waals surface area contributed by atoms with Crippen molar-refractivity contribution in [2.45, 2.75) is 43.6 Å². The Morgan fingerprint density at radius 3 is 2.30 bits per heavy atom. The van der Waals surface area contributed by atoms with Crippen molar-refractivity contribution in [3.8, 4) is 0 Å². The summed E-state index contributed by atoms with van der Waals surface area (Å²) in [5, 5.41) is 5.27. The molecule has 2 aliphatic rings. The van der Waals surface area contributed by atoms with Crippen LogP contribution in [0.3, 0.4) is 0 Å². The summed E-state index contributed by atoms with van der Waals surface area (Å²) in [6, 6.07) is 3.13. The van der Waals surface area contributed by atoms with Gasteiger partial charge in [-0.25, -0.2) is 13.6 Å². The first-order valence-corrected chi connectivity index (χ1v) is 9.34. The number of primary sulfonamides is 1. The number of likely N-dealkylation sites (tertiary alicyclic amines) is 1. The van der Waals surface area contributed by atoms with E-state index in [2.05, 4.69) is 0 Å². The van der Waals surface area contributed by atoms with Crippen LogP contribution in [0.25, 0.3) is 0 Å². The molecule has 1 aromatic rings. The van der Waals surface area contributed by atoms with Gasteiger partial charge in [-0.05, 0) is 56.4 Å². The van der Waals surface area contributed by atoms with E-state index in [-0.39, 0.29) is 16.4 Å². The highest BCUT2D eigenvalue weighted by molar-refractivity contribution is 7.89. The highest BCUT2D eigenvalue weighted by Gasteiger charge is 2.42. The van der Waals surface area contributed by atoms with Crippen molar-refractivity contribution in [2.24, 2.45) is 5.14 Å². The van der Waals surface area contributed by atoms with Gasteiger partial charge in [-0.1, -0.05) is 0 Å². The number of nitrogens with two attached hydrogens (primary N) is 1. The molecule has 2 N–H and O–H groups in total. The molecule has 1 spiro atoms.